The van der Waals surface area contributed by atoms with Gasteiger partial charge in [-0.15, -0.1) is 0 Å². The predicted octanol–water partition coefficient (Wildman–Crippen LogP) is -0.287. The largest absolute Gasteiger partial charge is 0.419 e. The third-order valence-electron chi connectivity index (χ3n) is 1.31. The number of hydrogen-bond donors (Lipinski definition) is 0. The molecule has 0 saturated heterocycles. The van der Waals surface area contributed by atoms with E-state index in [1.807, 2.05) is 6.07 Å². The van der Waals surface area contributed by atoms with Gasteiger partial charge in [0.25, 0.3) is 0 Å². The fraction of sp³-hybridized carbons (Fsp3) is 0.333. The van der Waals surface area contributed by atoms with E-state index < -0.39 is 5.09 Å². The fourth-order valence-electron chi connectivity index (χ4n) is 0.698. The van der Waals surface area contributed by atoms with Gasteiger partial charge in [-0.3, -0.25) is 0 Å². The Kier molecular flexibility index (Phi) is 7.30. The maximum Gasteiger partial charge on any atom is 0.419 e. The van der Waals surface area contributed by atoms with Crippen LogP contribution in [-0.4, -0.2) is 5.09 Å². The summed E-state index contributed by atoms with van der Waals surface area (Å²) < 4.78 is 4.70. The van der Waals surface area contributed by atoms with E-state index in [1.165, 1.54) is 3.57 Å². The summed E-state index contributed by atoms with van der Waals surface area (Å²) in [4.78, 5) is 8.25. The van der Waals surface area contributed by atoms with E-state index in [2.05, 4.69) is 54.9 Å². The average molecular weight is 347 g/mol. The van der Waals surface area contributed by atoms with Gasteiger partial charge in [-0.25, -0.2) is 0 Å². The number of nitrogens with zero attached hydrogens (tertiary/aromatic N) is 1. The molecule has 1 aromatic carbocycles. The van der Waals surface area contributed by atoms with Gasteiger partial charge in [-0.1, -0.05) is 18.2 Å². The second-order valence-corrected chi connectivity index (χ2v) is 6.41. The molecular formula is C12H14INO3. The second-order valence-electron chi connectivity index (χ2n) is 4.08. The van der Waals surface area contributed by atoms with Crippen molar-refractivity contribution < 1.29 is 26.3 Å². The zero-order valence-electron chi connectivity index (χ0n) is 9.94. The lowest BCUT2D eigenvalue weighted by molar-refractivity contribution is -0.535. The normalized spacial score (nSPS) is 9.35. The summed E-state index contributed by atoms with van der Waals surface area (Å²) in [6.07, 6.45) is 0. The summed E-state index contributed by atoms with van der Waals surface area (Å²) >= 11 is -0.100. The van der Waals surface area contributed by atoms with Crippen LogP contribution in [0.5, 0.6) is 0 Å². The molecular weight excluding hydrogens is 333 g/mol. The summed E-state index contributed by atoms with van der Waals surface area (Å²) in [6, 6.07) is 10.5. The minimum absolute atomic E-state index is 0.100. The van der Waals surface area contributed by atoms with E-state index in [-0.39, 0.29) is 26.6 Å². The molecule has 17 heavy (non-hydrogen) atoms. The molecule has 0 bridgehead atoms. The molecule has 1 aromatic rings. The molecule has 0 saturated carbocycles. The summed E-state index contributed by atoms with van der Waals surface area (Å²) in [7, 11) is 0. The highest BCUT2D eigenvalue weighted by Gasteiger charge is 2.09. The maximum absolute atomic E-state index is 8.25. The van der Waals surface area contributed by atoms with E-state index in [4.69, 9.17) is 15.3 Å². The Morgan fingerprint density at radius 2 is 1.65 bits per heavy atom. The van der Waals surface area contributed by atoms with Gasteiger partial charge in [-0.2, -0.15) is 0 Å². The van der Waals surface area contributed by atoms with Crippen molar-refractivity contribution in [2.75, 3.05) is 0 Å². The number of halogens is 1. The van der Waals surface area contributed by atoms with Crippen LogP contribution in [0.4, 0.5) is 0 Å². The lowest BCUT2D eigenvalue weighted by Crippen LogP contribution is -3.59. The molecule has 5 heteroatoms. The maximum atomic E-state index is 8.25. The van der Waals surface area contributed by atoms with Crippen molar-refractivity contribution in [3.63, 3.8) is 0 Å². The molecule has 0 radical (unpaired) electrons. The lowest BCUT2D eigenvalue weighted by atomic mass is 9.99. The monoisotopic (exact) mass is 347 g/mol. The Labute approximate surface area is 111 Å². The van der Waals surface area contributed by atoms with Gasteiger partial charge in [0.05, 0.1) is 5.09 Å². The Balaban J connectivity index is 0.000000557. The highest BCUT2D eigenvalue weighted by Crippen LogP contribution is 2.08. The molecule has 0 aromatic heterocycles. The first-order valence-corrected chi connectivity index (χ1v) is 6.99. The first-order valence-electron chi connectivity index (χ1n) is 4.84. The average Bonchev–Trinajstić information content (AvgIpc) is 2.16. The van der Waals surface area contributed by atoms with E-state index in [1.54, 1.807) is 0 Å². The number of benzene rings is 1. The van der Waals surface area contributed by atoms with Crippen LogP contribution in [0.2, 0.25) is 0 Å². The lowest BCUT2D eigenvalue weighted by Gasteiger charge is -2.04. The van der Waals surface area contributed by atoms with Gasteiger partial charge in [0.2, 0.25) is 3.57 Å². The van der Waals surface area contributed by atoms with Crippen LogP contribution in [0.25, 0.3) is 0 Å². The van der Waals surface area contributed by atoms with Crippen molar-refractivity contribution in [3.05, 3.63) is 49.2 Å². The summed E-state index contributed by atoms with van der Waals surface area (Å²) in [5, 5.41) is 14.8. The number of hydrogen-bond acceptors (Lipinski definition) is 3. The molecule has 0 aliphatic rings. The molecule has 0 atom stereocenters. The fourth-order valence-corrected chi connectivity index (χ4v) is 2.73. The van der Waals surface area contributed by atoms with Gasteiger partial charge < -0.3 is 15.3 Å². The molecule has 0 aliphatic carbocycles. The first-order chi connectivity index (χ1) is 7.81. The summed E-state index contributed by atoms with van der Waals surface area (Å²) in [6.45, 7) is 6.44. The van der Waals surface area contributed by atoms with Crippen LogP contribution in [0, 0.1) is 34.2 Å². The molecule has 0 fully saturated rings. The van der Waals surface area contributed by atoms with Crippen molar-refractivity contribution in [2.24, 2.45) is 5.41 Å². The Morgan fingerprint density at radius 3 is 2.06 bits per heavy atom. The smallest absolute Gasteiger partial charge is 0.356 e. The molecule has 0 aliphatic heterocycles. The van der Waals surface area contributed by atoms with Crippen LogP contribution in [0.3, 0.4) is 0 Å². The van der Waals surface area contributed by atoms with Gasteiger partial charge in [0.15, 0.2) is 3.93 Å². The molecule has 1 rings (SSSR count). The Hall–Kier alpha value is -1.29. The quantitative estimate of drug-likeness (QED) is 0.304. The standard InChI is InChI=1S/C12H14I.NO3/c1-12(2,3)9-10-13-11-7-5-4-6-8-11;2-1(3)4/h4-8H,1-3H3;/q+1;-1. The zero-order valence-corrected chi connectivity index (χ0v) is 12.1. The van der Waals surface area contributed by atoms with E-state index >= 15 is 0 Å². The predicted molar refractivity (Wildman–Crippen MR) is 62.7 cm³/mol. The van der Waals surface area contributed by atoms with Gasteiger partial charge >= 0.3 is 21.2 Å². The Morgan fingerprint density at radius 1 is 1.18 bits per heavy atom. The minimum atomic E-state index is -1.75. The third-order valence-corrected chi connectivity index (χ3v) is 3.19. The molecule has 0 N–H and O–H groups in total. The summed E-state index contributed by atoms with van der Waals surface area (Å²) in [5.41, 5.74) is 0.147. The van der Waals surface area contributed by atoms with E-state index in [9.17, 15) is 0 Å². The molecule has 4 nitrogen and oxygen atoms in total. The molecule has 0 amide bonds. The van der Waals surface area contributed by atoms with Gasteiger partial charge in [0.1, 0.15) is 0 Å². The van der Waals surface area contributed by atoms with Crippen LogP contribution < -0.4 is 21.2 Å². The molecule has 0 unspecified atom stereocenters. The summed E-state index contributed by atoms with van der Waals surface area (Å²) in [5.74, 6) is 3.27. The first kappa shape index (κ1) is 15.7. The molecule has 0 heterocycles. The van der Waals surface area contributed by atoms with Crippen LogP contribution in [-0.2, 0) is 0 Å². The number of rotatable bonds is 1. The van der Waals surface area contributed by atoms with E-state index in [0.717, 1.165) is 0 Å². The van der Waals surface area contributed by atoms with Crippen LogP contribution in [0.1, 0.15) is 20.8 Å². The van der Waals surface area contributed by atoms with Crippen molar-refractivity contribution >= 4 is 0 Å². The minimum Gasteiger partial charge on any atom is -0.356 e. The van der Waals surface area contributed by atoms with E-state index in [0.29, 0.717) is 0 Å². The van der Waals surface area contributed by atoms with Crippen molar-refractivity contribution in [2.45, 2.75) is 20.8 Å². The second kappa shape index (κ2) is 7.90. The SMILES string of the molecule is CC(C)(C)C#C[I+]c1ccccc1.O=[N+]([O-])[O-]. The van der Waals surface area contributed by atoms with Crippen molar-refractivity contribution in [1.82, 2.24) is 0 Å². The van der Waals surface area contributed by atoms with Gasteiger partial charge in [0, 0.05) is 5.41 Å². The van der Waals surface area contributed by atoms with Crippen molar-refractivity contribution in [1.29, 1.82) is 0 Å². The highest BCUT2D eigenvalue weighted by molar-refractivity contribution is 5.03. The third kappa shape index (κ3) is 12.6. The molecule has 0 spiro atoms. The Bertz CT molecular complexity index is 397. The molecule has 92 valence electrons. The van der Waals surface area contributed by atoms with Gasteiger partial charge in [-0.05, 0) is 38.8 Å². The zero-order chi connectivity index (χ0) is 13.3. The van der Waals surface area contributed by atoms with Crippen LogP contribution >= 0.6 is 0 Å². The van der Waals surface area contributed by atoms with Crippen LogP contribution in [0.15, 0.2) is 30.3 Å². The highest BCUT2D eigenvalue weighted by atomic mass is 127. The van der Waals surface area contributed by atoms with Crippen molar-refractivity contribution in [3.8, 4) is 9.85 Å². The topological polar surface area (TPSA) is 66.2 Å².